The normalized spacial score (nSPS) is 17.4. The first kappa shape index (κ1) is 16.9. The summed E-state index contributed by atoms with van der Waals surface area (Å²) in [7, 11) is 0. The third kappa shape index (κ3) is 3.30. The maximum absolute atomic E-state index is 12.2. The molecule has 3 heterocycles. The summed E-state index contributed by atoms with van der Waals surface area (Å²) < 4.78 is 5.30. The van der Waals surface area contributed by atoms with E-state index in [9.17, 15) is 9.59 Å². The number of amidine groups is 2. The minimum absolute atomic E-state index is 0.0775. The molecule has 0 spiro atoms. The van der Waals surface area contributed by atoms with Gasteiger partial charge in [0.15, 0.2) is 11.7 Å². The second-order valence-corrected chi connectivity index (χ2v) is 6.71. The van der Waals surface area contributed by atoms with E-state index in [0.29, 0.717) is 27.8 Å². The van der Waals surface area contributed by atoms with E-state index in [-0.39, 0.29) is 11.4 Å². The molecule has 2 aliphatic heterocycles. The summed E-state index contributed by atoms with van der Waals surface area (Å²) in [4.78, 5) is 34.0. The van der Waals surface area contributed by atoms with Gasteiger partial charge in [-0.15, -0.1) is 16.4 Å². The zero-order valence-corrected chi connectivity index (χ0v) is 14.9. The van der Waals surface area contributed by atoms with Crippen LogP contribution in [0.2, 0.25) is 0 Å². The molecule has 1 aromatic heterocycles. The van der Waals surface area contributed by atoms with E-state index >= 15 is 0 Å². The number of esters is 1. The lowest BCUT2D eigenvalue weighted by atomic mass is 10.1. The highest BCUT2D eigenvalue weighted by Crippen LogP contribution is 2.24. The van der Waals surface area contributed by atoms with E-state index in [1.807, 2.05) is 0 Å². The van der Waals surface area contributed by atoms with Crippen molar-refractivity contribution in [3.05, 3.63) is 69.6 Å². The standard InChI is InChI=1S/C19H13N3O4S/c1-11-9-16-21-18(23)14(17(20)22(16)26-11)10-12-4-6-13(7-5-12)25-19(24)15-3-2-8-27-15/h2-10,20H,1H3/b14-10+,20-17?. The number of nitrogens with zero attached hydrogens (tertiary/aromatic N) is 2. The van der Waals surface area contributed by atoms with Gasteiger partial charge in [0, 0.05) is 6.08 Å². The van der Waals surface area contributed by atoms with Gasteiger partial charge in [-0.25, -0.2) is 4.79 Å². The Balaban J connectivity index is 1.52. The molecule has 0 saturated heterocycles. The van der Waals surface area contributed by atoms with E-state index in [1.54, 1.807) is 60.9 Å². The number of benzene rings is 1. The Bertz CT molecular complexity index is 1030. The van der Waals surface area contributed by atoms with Crippen LogP contribution >= 0.6 is 11.3 Å². The number of ether oxygens (including phenoxy) is 1. The van der Waals surface area contributed by atoms with Crippen molar-refractivity contribution < 1.29 is 19.2 Å². The molecule has 27 heavy (non-hydrogen) atoms. The molecule has 7 nitrogen and oxygen atoms in total. The average molecular weight is 379 g/mol. The fourth-order valence-corrected chi connectivity index (χ4v) is 3.15. The zero-order valence-electron chi connectivity index (χ0n) is 14.1. The molecule has 1 amide bonds. The van der Waals surface area contributed by atoms with Gasteiger partial charge in [-0.2, -0.15) is 4.99 Å². The van der Waals surface area contributed by atoms with Crippen LogP contribution < -0.4 is 4.74 Å². The topological polar surface area (TPSA) is 92.0 Å². The summed E-state index contributed by atoms with van der Waals surface area (Å²) >= 11 is 1.31. The second kappa shape index (κ2) is 6.65. The molecule has 0 radical (unpaired) electrons. The monoisotopic (exact) mass is 379 g/mol. The van der Waals surface area contributed by atoms with Crippen LogP contribution in [0.5, 0.6) is 5.75 Å². The van der Waals surface area contributed by atoms with Crippen molar-refractivity contribution in [2.75, 3.05) is 0 Å². The number of allylic oxidation sites excluding steroid dienone is 1. The van der Waals surface area contributed by atoms with Crippen LogP contribution in [0.25, 0.3) is 6.08 Å². The molecule has 0 fully saturated rings. The number of hydrogen-bond donors (Lipinski definition) is 1. The molecule has 2 aliphatic rings. The van der Waals surface area contributed by atoms with E-state index in [2.05, 4.69) is 4.99 Å². The number of amides is 1. The Morgan fingerprint density at radius 1 is 1.30 bits per heavy atom. The Hall–Kier alpha value is -3.52. The van der Waals surface area contributed by atoms with Crippen LogP contribution in [0.15, 0.2) is 64.2 Å². The summed E-state index contributed by atoms with van der Waals surface area (Å²) in [5, 5.41) is 11.2. The van der Waals surface area contributed by atoms with Crippen LogP contribution in [0.3, 0.4) is 0 Å². The highest BCUT2D eigenvalue weighted by molar-refractivity contribution is 7.12. The Kier molecular flexibility index (Phi) is 4.17. The number of carbonyl (C=O) groups is 2. The molecular formula is C19H13N3O4S. The highest BCUT2D eigenvalue weighted by Gasteiger charge is 2.34. The zero-order chi connectivity index (χ0) is 19.0. The van der Waals surface area contributed by atoms with Crippen LogP contribution in [0.1, 0.15) is 22.2 Å². The molecule has 4 rings (SSSR count). The van der Waals surface area contributed by atoms with Crippen LogP contribution in [-0.4, -0.2) is 28.6 Å². The fraction of sp³-hybridized carbons (Fsp3) is 0.0526. The smallest absolute Gasteiger partial charge is 0.353 e. The number of nitrogens with one attached hydrogen (secondary N) is 1. The van der Waals surface area contributed by atoms with Crippen molar-refractivity contribution >= 4 is 41.0 Å². The Labute approximate surface area is 158 Å². The molecule has 1 N–H and O–H groups in total. The summed E-state index contributed by atoms with van der Waals surface area (Å²) in [6.07, 6.45) is 3.15. The van der Waals surface area contributed by atoms with Gasteiger partial charge in [-0.3, -0.25) is 10.2 Å². The molecule has 2 aromatic rings. The quantitative estimate of drug-likeness (QED) is 0.501. The number of aliphatic imine (C=N–C) groups is 1. The first-order chi connectivity index (χ1) is 13.0. The van der Waals surface area contributed by atoms with Crippen molar-refractivity contribution in [1.29, 1.82) is 5.41 Å². The van der Waals surface area contributed by atoms with Gasteiger partial charge in [-0.1, -0.05) is 18.2 Å². The predicted octanol–water partition coefficient (Wildman–Crippen LogP) is 3.42. The molecule has 0 bridgehead atoms. The van der Waals surface area contributed by atoms with Gasteiger partial charge in [-0.05, 0) is 42.1 Å². The summed E-state index contributed by atoms with van der Waals surface area (Å²) in [6.45, 7) is 1.72. The van der Waals surface area contributed by atoms with E-state index < -0.39 is 11.9 Å². The number of rotatable bonds is 3. The molecule has 0 atom stereocenters. The number of hydrogen-bond acceptors (Lipinski definition) is 6. The number of fused-ring (bicyclic) bond motifs is 1. The predicted molar refractivity (Wildman–Crippen MR) is 101 cm³/mol. The minimum Gasteiger partial charge on any atom is -0.422 e. The van der Waals surface area contributed by atoms with Gasteiger partial charge in [0.05, 0.1) is 5.57 Å². The van der Waals surface area contributed by atoms with Crippen LogP contribution in [-0.2, 0) is 9.63 Å². The van der Waals surface area contributed by atoms with Gasteiger partial charge >= 0.3 is 5.97 Å². The largest absolute Gasteiger partial charge is 0.422 e. The van der Waals surface area contributed by atoms with E-state index in [4.69, 9.17) is 15.0 Å². The molecular weight excluding hydrogens is 366 g/mol. The van der Waals surface area contributed by atoms with Gasteiger partial charge < -0.3 is 9.57 Å². The van der Waals surface area contributed by atoms with Crippen molar-refractivity contribution in [2.45, 2.75) is 6.92 Å². The third-order valence-electron chi connectivity index (χ3n) is 3.80. The van der Waals surface area contributed by atoms with Crippen molar-refractivity contribution in [2.24, 2.45) is 4.99 Å². The molecule has 134 valence electrons. The van der Waals surface area contributed by atoms with E-state index in [1.165, 1.54) is 16.4 Å². The Morgan fingerprint density at radius 2 is 2.07 bits per heavy atom. The molecule has 1 aromatic carbocycles. The molecule has 0 unspecified atom stereocenters. The second-order valence-electron chi connectivity index (χ2n) is 5.76. The molecule has 0 aliphatic carbocycles. The van der Waals surface area contributed by atoms with Gasteiger partial charge in [0.1, 0.15) is 16.4 Å². The number of thiophene rings is 1. The third-order valence-corrected chi connectivity index (χ3v) is 4.65. The fourth-order valence-electron chi connectivity index (χ4n) is 2.55. The molecule has 8 heteroatoms. The van der Waals surface area contributed by atoms with Gasteiger partial charge in [0.2, 0.25) is 0 Å². The number of carbonyl (C=O) groups excluding carboxylic acids is 2. The average Bonchev–Trinajstić information content (AvgIpc) is 3.29. The maximum Gasteiger partial charge on any atom is 0.353 e. The summed E-state index contributed by atoms with van der Waals surface area (Å²) in [5.74, 6) is 0.250. The van der Waals surface area contributed by atoms with E-state index in [0.717, 1.165) is 0 Å². The van der Waals surface area contributed by atoms with Gasteiger partial charge in [0.25, 0.3) is 5.91 Å². The highest BCUT2D eigenvalue weighted by atomic mass is 32.1. The van der Waals surface area contributed by atoms with Crippen molar-refractivity contribution in [3.8, 4) is 5.75 Å². The lowest BCUT2D eigenvalue weighted by Crippen LogP contribution is -2.38. The number of hydroxylamine groups is 2. The van der Waals surface area contributed by atoms with Crippen LogP contribution in [0, 0.1) is 5.41 Å². The summed E-state index contributed by atoms with van der Waals surface area (Å²) in [5.41, 5.74) is 0.784. The first-order valence-electron chi connectivity index (χ1n) is 7.97. The van der Waals surface area contributed by atoms with Crippen LogP contribution in [0.4, 0.5) is 0 Å². The van der Waals surface area contributed by atoms with Crippen molar-refractivity contribution in [3.63, 3.8) is 0 Å². The lowest BCUT2D eigenvalue weighted by molar-refractivity contribution is -0.114. The Morgan fingerprint density at radius 3 is 2.78 bits per heavy atom. The first-order valence-corrected chi connectivity index (χ1v) is 8.85. The lowest BCUT2D eigenvalue weighted by Gasteiger charge is -2.22. The summed E-state index contributed by atoms with van der Waals surface area (Å²) in [6, 6.07) is 10.1. The van der Waals surface area contributed by atoms with Crippen molar-refractivity contribution in [1.82, 2.24) is 5.06 Å². The minimum atomic E-state index is -0.506. The SMILES string of the molecule is CC1=CC2=NC(=O)/C(=C/c3ccc(OC(=O)c4cccs4)cc3)C(=N)N2O1. The maximum atomic E-state index is 12.2. The molecule has 0 saturated carbocycles.